The highest BCUT2D eigenvalue weighted by molar-refractivity contribution is 6.09. The van der Waals surface area contributed by atoms with E-state index >= 15 is 0 Å². The number of carbonyl (C=O) groups excluding carboxylic acids is 1. The first-order valence-corrected chi connectivity index (χ1v) is 5.65. The van der Waals surface area contributed by atoms with E-state index in [0.717, 1.165) is 0 Å². The highest BCUT2D eigenvalue weighted by Crippen LogP contribution is 2.32. The number of rotatable bonds is 0. The minimum absolute atomic E-state index is 0.0215. The van der Waals surface area contributed by atoms with Crippen LogP contribution in [-0.2, 0) is 4.79 Å². The fraction of sp³-hybridized carbons (Fsp3) is 0.154. The number of hydrogen-bond acceptors (Lipinski definition) is 6. The van der Waals surface area contributed by atoms with E-state index in [2.05, 4.69) is 5.32 Å². The molecule has 1 heterocycles. The molecule has 2 aliphatic carbocycles. The quantitative estimate of drug-likeness (QED) is 0.432. The van der Waals surface area contributed by atoms with Gasteiger partial charge in [-0.2, -0.15) is 0 Å². The van der Waals surface area contributed by atoms with Gasteiger partial charge in [0.25, 0.3) is 0 Å². The lowest BCUT2D eigenvalue weighted by atomic mass is 9.86. The van der Waals surface area contributed by atoms with Crippen molar-refractivity contribution >= 4 is 5.78 Å². The lowest BCUT2D eigenvalue weighted by Crippen LogP contribution is -2.43. The molecule has 0 fully saturated rings. The molecule has 19 heavy (non-hydrogen) atoms. The van der Waals surface area contributed by atoms with Gasteiger partial charge in [-0.25, -0.2) is 0 Å². The van der Waals surface area contributed by atoms with Crippen molar-refractivity contribution in [1.82, 2.24) is 5.32 Å². The number of dihydropyridines is 1. The lowest BCUT2D eigenvalue weighted by Gasteiger charge is -2.32. The van der Waals surface area contributed by atoms with Crippen LogP contribution >= 0.6 is 0 Å². The van der Waals surface area contributed by atoms with E-state index in [1.165, 1.54) is 12.2 Å². The van der Waals surface area contributed by atoms with E-state index in [9.17, 15) is 25.2 Å². The van der Waals surface area contributed by atoms with Crippen LogP contribution < -0.4 is 5.32 Å². The molecule has 0 aromatic heterocycles. The van der Waals surface area contributed by atoms with Crippen molar-refractivity contribution in [2.75, 3.05) is 0 Å². The summed E-state index contributed by atoms with van der Waals surface area (Å²) in [5.74, 6) is -2.43. The van der Waals surface area contributed by atoms with Crippen molar-refractivity contribution in [3.63, 3.8) is 0 Å². The molecule has 6 heteroatoms. The molecule has 2 atom stereocenters. The predicted octanol–water partition coefficient (Wildman–Crippen LogP) is 0.422. The molecule has 5 N–H and O–H groups in total. The first-order chi connectivity index (χ1) is 9.00. The number of allylic oxidation sites excluding steroid dienone is 2. The van der Waals surface area contributed by atoms with Crippen molar-refractivity contribution in [3.8, 4) is 0 Å². The number of fused-ring (bicyclic) bond motifs is 1. The van der Waals surface area contributed by atoms with Crippen LogP contribution in [0.25, 0.3) is 0 Å². The Morgan fingerprint density at radius 2 is 1.95 bits per heavy atom. The molecular formula is C13H11NO5. The zero-order chi connectivity index (χ0) is 13.7. The molecule has 6 nitrogen and oxygen atoms in total. The summed E-state index contributed by atoms with van der Waals surface area (Å²) >= 11 is 0. The Morgan fingerprint density at radius 3 is 2.68 bits per heavy atom. The summed E-state index contributed by atoms with van der Waals surface area (Å²) in [5, 5.41) is 41.3. The van der Waals surface area contributed by atoms with Gasteiger partial charge in [-0.05, 0) is 17.7 Å². The Labute approximate surface area is 108 Å². The third kappa shape index (κ3) is 1.50. The van der Waals surface area contributed by atoms with Gasteiger partial charge < -0.3 is 25.7 Å². The van der Waals surface area contributed by atoms with Crippen LogP contribution in [0, 0.1) is 0 Å². The highest BCUT2D eigenvalue weighted by atomic mass is 16.3. The summed E-state index contributed by atoms with van der Waals surface area (Å²) in [6.07, 6.45) is 4.89. The Morgan fingerprint density at radius 1 is 1.21 bits per heavy atom. The summed E-state index contributed by atoms with van der Waals surface area (Å²) in [6.45, 7) is 0. The minimum Gasteiger partial charge on any atom is -0.510 e. The number of aliphatic hydroxyl groups excluding tert-OH is 4. The Balaban J connectivity index is 2.10. The Bertz CT molecular complexity index is 635. The van der Waals surface area contributed by atoms with Crippen LogP contribution in [0.1, 0.15) is 0 Å². The molecule has 0 bridgehead atoms. The summed E-state index contributed by atoms with van der Waals surface area (Å²) in [5.41, 5.74) is 0.803. The highest BCUT2D eigenvalue weighted by Gasteiger charge is 2.38. The smallest absolute Gasteiger partial charge is 0.247 e. The summed E-state index contributed by atoms with van der Waals surface area (Å²) < 4.78 is 0. The number of nitrogens with one attached hydrogen (secondary N) is 1. The number of hydrogen-bond donors (Lipinski definition) is 5. The van der Waals surface area contributed by atoms with Gasteiger partial charge in [0.05, 0.1) is 5.70 Å². The average molecular weight is 261 g/mol. The van der Waals surface area contributed by atoms with Gasteiger partial charge in [0, 0.05) is 5.57 Å². The van der Waals surface area contributed by atoms with E-state index in [1.807, 2.05) is 0 Å². The van der Waals surface area contributed by atoms with Gasteiger partial charge in [-0.1, -0.05) is 12.2 Å². The standard InChI is InChI=1S/C13H11NO5/c15-7-3-1-2-5-4-6-9(14-8(5)7)11(17)13(19)12(18)10(6)16/h1-4,8,10,14-16,18-19H. The summed E-state index contributed by atoms with van der Waals surface area (Å²) in [7, 11) is 0. The molecule has 0 aromatic rings. The number of Topliss-reactive ketones (excluding diaryl/α,β-unsaturated/α-hetero) is 1. The largest absolute Gasteiger partial charge is 0.510 e. The first kappa shape index (κ1) is 11.6. The topological polar surface area (TPSA) is 110 Å². The first-order valence-electron chi connectivity index (χ1n) is 5.65. The van der Waals surface area contributed by atoms with E-state index in [0.29, 0.717) is 5.57 Å². The van der Waals surface area contributed by atoms with Crippen molar-refractivity contribution in [2.24, 2.45) is 0 Å². The second-order valence-corrected chi connectivity index (χ2v) is 4.47. The maximum atomic E-state index is 11.8. The third-order valence-corrected chi connectivity index (χ3v) is 3.32. The molecule has 3 rings (SSSR count). The normalized spacial score (nSPS) is 29.4. The second kappa shape index (κ2) is 3.76. The lowest BCUT2D eigenvalue weighted by molar-refractivity contribution is -0.116. The molecule has 2 unspecified atom stereocenters. The maximum Gasteiger partial charge on any atom is 0.247 e. The van der Waals surface area contributed by atoms with Gasteiger partial charge in [0.15, 0.2) is 5.76 Å². The van der Waals surface area contributed by atoms with Crippen molar-refractivity contribution in [3.05, 3.63) is 58.4 Å². The van der Waals surface area contributed by atoms with E-state index in [4.69, 9.17) is 0 Å². The fourth-order valence-corrected chi connectivity index (χ4v) is 2.31. The maximum absolute atomic E-state index is 11.8. The molecule has 0 aromatic carbocycles. The van der Waals surface area contributed by atoms with Crippen LogP contribution in [0.15, 0.2) is 58.4 Å². The number of carbonyl (C=O) groups is 1. The molecule has 98 valence electrons. The zero-order valence-corrected chi connectivity index (χ0v) is 9.66. The van der Waals surface area contributed by atoms with Crippen LogP contribution in [0.2, 0.25) is 0 Å². The second-order valence-electron chi connectivity index (χ2n) is 4.47. The summed E-state index contributed by atoms with van der Waals surface area (Å²) in [4.78, 5) is 11.8. The molecule has 0 saturated carbocycles. The van der Waals surface area contributed by atoms with Gasteiger partial charge in [0.1, 0.15) is 17.9 Å². The molecule has 0 saturated heterocycles. The van der Waals surface area contributed by atoms with Crippen molar-refractivity contribution in [1.29, 1.82) is 0 Å². The zero-order valence-electron chi connectivity index (χ0n) is 9.66. The predicted molar refractivity (Wildman–Crippen MR) is 65.2 cm³/mol. The van der Waals surface area contributed by atoms with Gasteiger partial charge >= 0.3 is 0 Å². The van der Waals surface area contributed by atoms with Gasteiger partial charge in [0.2, 0.25) is 11.5 Å². The Kier molecular flexibility index (Phi) is 2.30. The van der Waals surface area contributed by atoms with Crippen LogP contribution in [0.3, 0.4) is 0 Å². The van der Waals surface area contributed by atoms with Gasteiger partial charge in [-0.3, -0.25) is 4.79 Å². The number of aliphatic hydroxyl groups is 4. The average Bonchev–Trinajstić information content (AvgIpc) is 2.42. The SMILES string of the molecule is O=C1C(O)=C(O)C(O)C2=C1NC1C(O)=CC=CC1=C2. The van der Waals surface area contributed by atoms with E-state index in [-0.39, 0.29) is 17.0 Å². The minimum atomic E-state index is -1.46. The fourth-order valence-electron chi connectivity index (χ4n) is 2.31. The third-order valence-electron chi connectivity index (χ3n) is 3.32. The molecule has 1 aliphatic heterocycles. The van der Waals surface area contributed by atoms with Gasteiger partial charge in [-0.15, -0.1) is 0 Å². The molecule has 0 amide bonds. The molecular weight excluding hydrogens is 250 g/mol. The molecule has 0 spiro atoms. The summed E-state index contributed by atoms with van der Waals surface area (Å²) in [6, 6.07) is -0.590. The number of ketones is 1. The van der Waals surface area contributed by atoms with Crippen LogP contribution in [-0.4, -0.2) is 38.4 Å². The van der Waals surface area contributed by atoms with Crippen molar-refractivity contribution in [2.45, 2.75) is 12.1 Å². The molecule has 0 radical (unpaired) electrons. The van der Waals surface area contributed by atoms with E-state index < -0.39 is 29.4 Å². The van der Waals surface area contributed by atoms with Crippen molar-refractivity contribution < 1.29 is 25.2 Å². The monoisotopic (exact) mass is 261 g/mol. The van der Waals surface area contributed by atoms with Crippen LogP contribution in [0.5, 0.6) is 0 Å². The van der Waals surface area contributed by atoms with E-state index in [1.54, 1.807) is 12.2 Å². The molecule has 3 aliphatic rings. The Hall–Kier alpha value is -2.47. The van der Waals surface area contributed by atoms with Crippen LogP contribution in [0.4, 0.5) is 0 Å².